The molecule has 1 atom stereocenters. The predicted octanol–water partition coefficient (Wildman–Crippen LogP) is 2.14. The average Bonchev–Trinajstić information content (AvgIpc) is 2.86. The maximum Gasteiger partial charge on any atom is 0.260 e. The lowest BCUT2D eigenvalue weighted by Crippen LogP contribution is -2.31. The molecule has 1 N–H and O–H groups in total. The van der Waals surface area contributed by atoms with Crippen molar-refractivity contribution < 1.29 is 9.53 Å². The van der Waals surface area contributed by atoms with Crippen LogP contribution in [0.1, 0.15) is 37.4 Å². The number of hydrogen-bond acceptors (Lipinski definition) is 3. The van der Waals surface area contributed by atoms with E-state index >= 15 is 0 Å². The highest BCUT2D eigenvalue weighted by atomic mass is 16.5. The third kappa shape index (κ3) is 3.31. The molecule has 0 bridgehead atoms. The molecule has 4 nitrogen and oxygen atoms in total. The van der Waals surface area contributed by atoms with Crippen LogP contribution in [0.5, 0.6) is 5.75 Å². The summed E-state index contributed by atoms with van der Waals surface area (Å²) < 4.78 is 5.60. The fourth-order valence-electron chi connectivity index (χ4n) is 2.57. The van der Waals surface area contributed by atoms with Crippen LogP contribution < -0.4 is 10.1 Å². The average molecular weight is 276 g/mol. The number of likely N-dealkylation sites (N-methyl/N-ethyl adjacent to an activating group) is 1. The predicted molar refractivity (Wildman–Crippen MR) is 80.0 cm³/mol. The number of rotatable bonds is 6. The molecule has 0 saturated heterocycles. The number of nitrogens with one attached hydrogen (secondary N) is 1. The molecule has 20 heavy (non-hydrogen) atoms. The minimum absolute atomic E-state index is 0.0125. The first kappa shape index (κ1) is 14.9. The second-order valence-electron chi connectivity index (χ2n) is 5.21. The zero-order valence-corrected chi connectivity index (χ0v) is 12.6. The Hall–Kier alpha value is -1.55. The number of aryl methyl sites for hydroxylation is 1. The third-order valence-corrected chi connectivity index (χ3v) is 3.91. The maximum absolute atomic E-state index is 11.7. The van der Waals surface area contributed by atoms with Gasteiger partial charge in [0.1, 0.15) is 5.75 Å². The Kier molecular flexibility index (Phi) is 5.01. The number of carbonyl (C=O) groups is 1. The van der Waals surface area contributed by atoms with Gasteiger partial charge in [0.25, 0.3) is 5.91 Å². The van der Waals surface area contributed by atoms with E-state index in [-0.39, 0.29) is 12.5 Å². The first-order chi connectivity index (χ1) is 9.65. The van der Waals surface area contributed by atoms with E-state index in [1.807, 2.05) is 13.0 Å². The number of hydrogen-bond donors (Lipinski definition) is 1. The molecular weight excluding hydrogens is 252 g/mol. The van der Waals surface area contributed by atoms with Crippen molar-refractivity contribution in [3.63, 3.8) is 0 Å². The highest BCUT2D eigenvalue weighted by Crippen LogP contribution is 2.33. The van der Waals surface area contributed by atoms with Crippen LogP contribution >= 0.6 is 0 Å². The number of nitrogens with zero attached hydrogens (tertiary/aromatic N) is 1. The summed E-state index contributed by atoms with van der Waals surface area (Å²) in [5.74, 6) is 0.803. The molecule has 1 aromatic rings. The molecule has 0 spiro atoms. The Labute approximate surface area is 121 Å². The van der Waals surface area contributed by atoms with Crippen molar-refractivity contribution in [1.29, 1.82) is 0 Å². The van der Waals surface area contributed by atoms with Gasteiger partial charge in [-0.2, -0.15) is 0 Å². The van der Waals surface area contributed by atoms with Crippen molar-refractivity contribution >= 4 is 5.91 Å². The molecule has 4 heteroatoms. The lowest BCUT2D eigenvalue weighted by Gasteiger charge is -2.16. The Balaban J connectivity index is 1.97. The Bertz CT molecular complexity index is 474. The molecule has 0 fully saturated rings. The number of fused-ring (bicyclic) bond motifs is 1. The van der Waals surface area contributed by atoms with Crippen molar-refractivity contribution in [3.8, 4) is 5.75 Å². The minimum atomic E-state index is 0.0125. The fraction of sp³-hybridized carbons (Fsp3) is 0.562. The summed E-state index contributed by atoms with van der Waals surface area (Å²) in [6.07, 6.45) is 2.22. The third-order valence-electron chi connectivity index (χ3n) is 3.91. The van der Waals surface area contributed by atoms with Crippen molar-refractivity contribution in [2.24, 2.45) is 0 Å². The smallest absolute Gasteiger partial charge is 0.260 e. The summed E-state index contributed by atoms with van der Waals surface area (Å²) >= 11 is 0. The first-order valence-corrected chi connectivity index (χ1v) is 7.38. The van der Waals surface area contributed by atoms with Crippen molar-refractivity contribution in [3.05, 3.63) is 29.3 Å². The van der Waals surface area contributed by atoms with E-state index < -0.39 is 0 Å². The van der Waals surface area contributed by atoms with Gasteiger partial charge in [-0.1, -0.05) is 13.0 Å². The van der Waals surface area contributed by atoms with Crippen molar-refractivity contribution in [2.45, 2.75) is 32.7 Å². The Morgan fingerprint density at radius 2 is 2.25 bits per heavy atom. The van der Waals surface area contributed by atoms with Crippen LogP contribution in [0.2, 0.25) is 0 Å². The fourth-order valence-corrected chi connectivity index (χ4v) is 2.57. The lowest BCUT2D eigenvalue weighted by atomic mass is 10.1. The van der Waals surface area contributed by atoms with Gasteiger partial charge in [-0.05, 0) is 49.6 Å². The minimum Gasteiger partial charge on any atom is -0.484 e. The number of amides is 1. The van der Waals surface area contributed by atoms with Crippen molar-refractivity contribution in [2.75, 3.05) is 26.7 Å². The van der Waals surface area contributed by atoms with E-state index in [9.17, 15) is 4.79 Å². The first-order valence-electron chi connectivity index (χ1n) is 7.38. The topological polar surface area (TPSA) is 41.6 Å². The molecule has 1 amide bonds. The van der Waals surface area contributed by atoms with Gasteiger partial charge >= 0.3 is 0 Å². The van der Waals surface area contributed by atoms with Crippen LogP contribution in [0.15, 0.2) is 18.2 Å². The summed E-state index contributed by atoms with van der Waals surface area (Å²) in [4.78, 5) is 13.4. The SMILES string of the molecule is CCNC1CCc2cc(OCC(=O)N(C)CC)ccc21. The van der Waals surface area contributed by atoms with E-state index in [4.69, 9.17) is 4.74 Å². The largest absolute Gasteiger partial charge is 0.484 e. The van der Waals surface area contributed by atoms with Gasteiger partial charge in [-0.15, -0.1) is 0 Å². The van der Waals surface area contributed by atoms with Gasteiger partial charge in [0.05, 0.1) is 0 Å². The maximum atomic E-state index is 11.7. The molecule has 110 valence electrons. The zero-order chi connectivity index (χ0) is 14.5. The van der Waals surface area contributed by atoms with Gasteiger partial charge < -0.3 is 15.0 Å². The standard InChI is InChI=1S/C16H24N2O2/c1-4-17-15-9-6-12-10-13(7-8-14(12)15)20-11-16(19)18(3)5-2/h7-8,10,15,17H,4-6,9,11H2,1-3H3. The number of carbonyl (C=O) groups excluding carboxylic acids is 1. The summed E-state index contributed by atoms with van der Waals surface area (Å²) in [6.45, 7) is 5.89. The molecule has 2 rings (SSSR count). The normalized spacial score (nSPS) is 16.9. The summed E-state index contributed by atoms with van der Waals surface area (Å²) in [7, 11) is 1.79. The summed E-state index contributed by atoms with van der Waals surface area (Å²) in [5, 5.41) is 3.49. The molecular formula is C16H24N2O2. The van der Waals surface area contributed by atoms with E-state index in [2.05, 4.69) is 24.4 Å². The number of ether oxygens (including phenoxy) is 1. The van der Waals surface area contributed by atoms with E-state index in [0.717, 1.165) is 25.1 Å². The van der Waals surface area contributed by atoms with Crippen LogP contribution in [0, 0.1) is 0 Å². The van der Waals surface area contributed by atoms with Gasteiger partial charge in [-0.3, -0.25) is 4.79 Å². The molecule has 1 aromatic carbocycles. The number of benzene rings is 1. The molecule has 1 unspecified atom stereocenters. The molecule has 0 heterocycles. The highest BCUT2D eigenvalue weighted by Gasteiger charge is 2.21. The summed E-state index contributed by atoms with van der Waals surface area (Å²) in [5.41, 5.74) is 2.71. The molecule has 1 aliphatic carbocycles. The molecule has 1 aliphatic rings. The van der Waals surface area contributed by atoms with E-state index in [1.54, 1.807) is 11.9 Å². The lowest BCUT2D eigenvalue weighted by molar-refractivity contribution is -0.131. The van der Waals surface area contributed by atoms with Gasteiger partial charge in [0.2, 0.25) is 0 Å². The van der Waals surface area contributed by atoms with Gasteiger partial charge in [0, 0.05) is 19.6 Å². The Morgan fingerprint density at radius 3 is 2.95 bits per heavy atom. The van der Waals surface area contributed by atoms with Crippen LogP contribution in [0.25, 0.3) is 0 Å². The zero-order valence-electron chi connectivity index (χ0n) is 12.6. The quantitative estimate of drug-likeness (QED) is 0.865. The summed E-state index contributed by atoms with van der Waals surface area (Å²) in [6, 6.07) is 6.63. The van der Waals surface area contributed by atoms with Gasteiger partial charge in [-0.25, -0.2) is 0 Å². The van der Waals surface area contributed by atoms with Gasteiger partial charge in [0.15, 0.2) is 6.61 Å². The van der Waals surface area contributed by atoms with Crippen LogP contribution in [-0.4, -0.2) is 37.6 Å². The molecule has 0 saturated carbocycles. The van der Waals surface area contributed by atoms with Crippen LogP contribution in [0.3, 0.4) is 0 Å². The van der Waals surface area contributed by atoms with E-state index in [1.165, 1.54) is 11.1 Å². The Morgan fingerprint density at radius 1 is 1.45 bits per heavy atom. The molecule has 0 aromatic heterocycles. The van der Waals surface area contributed by atoms with E-state index in [0.29, 0.717) is 12.6 Å². The molecule has 0 radical (unpaired) electrons. The second-order valence-corrected chi connectivity index (χ2v) is 5.21. The highest BCUT2D eigenvalue weighted by molar-refractivity contribution is 5.77. The van der Waals surface area contributed by atoms with Crippen LogP contribution in [-0.2, 0) is 11.2 Å². The van der Waals surface area contributed by atoms with Crippen LogP contribution in [0.4, 0.5) is 0 Å². The van der Waals surface area contributed by atoms with Crippen molar-refractivity contribution in [1.82, 2.24) is 10.2 Å². The molecule has 0 aliphatic heterocycles. The second kappa shape index (κ2) is 6.75. The monoisotopic (exact) mass is 276 g/mol.